The highest BCUT2D eigenvalue weighted by atomic mass is 16.5. The maximum absolute atomic E-state index is 11.9. The van der Waals surface area contributed by atoms with Crippen molar-refractivity contribution in [1.29, 1.82) is 0 Å². The lowest BCUT2D eigenvalue weighted by Crippen LogP contribution is -2.53. The molecule has 6 nitrogen and oxygen atoms in total. The minimum absolute atomic E-state index is 0.205. The third-order valence-corrected chi connectivity index (χ3v) is 2.71. The maximum atomic E-state index is 11.9. The van der Waals surface area contributed by atoms with Crippen molar-refractivity contribution in [1.82, 2.24) is 10.6 Å². The molecular formula is C12H23N3O3. The summed E-state index contributed by atoms with van der Waals surface area (Å²) in [7, 11) is 0. The Balaban J connectivity index is 2.46. The predicted octanol–water partition coefficient (Wildman–Crippen LogP) is -0.620. The lowest BCUT2D eigenvalue weighted by molar-refractivity contribution is -0.131. The molecule has 0 aromatic carbocycles. The molecule has 1 aliphatic heterocycles. The second-order valence-electron chi connectivity index (χ2n) is 5.78. The van der Waals surface area contributed by atoms with E-state index < -0.39 is 6.04 Å². The van der Waals surface area contributed by atoms with Crippen molar-refractivity contribution in [2.75, 3.05) is 13.2 Å². The van der Waals surface area contributed by atoms with Gasteiger partial charge in [0.2, 0.25) is 11.8 Å². The minimum atomic E-state index is -0.579. The Hall–Kier alpha value is -1.14. The van der Waals surface area contributed by atoms with Crippen LogP contribution in [0.4, 0.5) is 0 Å². The Morgan fingerprint density at radius 3 is 2.39 bits per heavy atom. The molecule has 0 radical (unpaired) electrons. The Kier molecular flexibility index (Phi) is 4.70. The lowest BCUT2D eigenvalue weighted by Gasteiger charge is -2.24. The standard InChI is InChI=1S/C12H23N3O3/c1-7(10(16)15-12(2,3)4)14-11(17)8-5-18-6-9(8)13/h7-9H,5-6,13H2,1-4H3,(H,14,17)(H,15,16). The second-order valence-corrected chi connectivity index (χ2v) is 5.78. The molecule has 0 saturated carbocycles. The van der Waals surface area contributed by atoms with Gasteiger partial charge < -0.3 is 21.1 Å². The monoisotopic (exact) mass is 257 g/mol. The van der Waals surface area contributed by atoms with Gasteiger partial charge in [0.15, 0.2) is 0 Å². The van der Waals surface area contributed by atoms with Crippen LogP contribution >= 0.6 is 0 Å². The summed E-state index contributed by atoms with van der Waals surface area (Å²) in [5, 5.41) is 5.47. The normalized spacial score (nSPS) is 25.6. The van der Waals surface area contributed by atoms with Gasteiger partial charge in [-0.25, -0.2) is 0 Å². The molecule has 104 valence electrons. The molecule has 1 heterocycles. The summed E-state index contributed by atoms with van der Waals surface area (Å²) in [5.74, 6) is -0.796. The molecule has 4 N–H and O–H groups in total. The average Bonchev–Trinajstić information content (AvgIpc) is 2.61. The maximum Gasteiger partial charge on any atom is 0.242 e. The fourth-order valence-corrected chi connectivity index (χ4v) is 1.70. The highest BCUT2D eigenvalue weighted by molar-refractivity contribution is 5.88. The van der Waals surface area contributed by atoms with Crippen molar-refractivity contribution in [3.8, 4) is 0 Å². The van der Waals surface area contributed by atoms with E-state index in [1.807, 2.05) is 20.8 Å². The van der Waals surface area contributed by atoms with Crippen molar-refractivity contribution in [2.24, 2.45) is 11.7 Å². The van der Waals surface area contributed by atoms with Gasteiger partial charge in [0.05, 0.1) is 19.1 Å². The number of hydrogen-bond donors (Lipinski definition) is 3. The van der Waals surface area contributed by atoms with Gasteiger partial charge in [-0.05, 0) is 27.7 Å². The largest absolute Gasteiger partial charge is 0.379 e. The van der Waals surface area contributed by atoms with Gasteiger partial charge in [0.1, 0.15) is 6.04 Å². The summed E-state index contributed by atoms with van der Waals surface area (Å²) in [5.41, 5.74) is 5.43. The molecule has 6 heteroatoms. The topological polar surface area (TPSA) is 93.4 Å². The Labute approximate surface area is 108 Å². The number of hydrogen-bond acceptors (Lipinski definition) is 4. The van der Waals surface area contributed by atoms with E-state index in [0.29, 0.717) is 13.2 Å². The van der Waals surface area contributed by atoms with Crippen molar-refractivity contribution in [3.63, 3.8) is 0 Å². The van der Waals surface area contributed by atoms with Crippen LogP contribution in [0.15, 0.2) is 0 Å². The van der Waals surface area contributed by atoms with E-state index in [2.05, 4.69) is 10.6 Å². The molecule has 1 rings (SSSR count). The van der Waals surface area contributed by atoms with Gasteiger partial charge in [-0.3, -0.25) is 9.59 Å². The number of nitrogens with two attached hydrogens (primary N) is 1. The number of amides is 2. The van der Waals surface area contributed by atoms with Gasteiger partial charge in [0, 0.05) is 11.6 Å². The van der Waals surface area contributed by atoms with E-state index in [1.165, 1.54) is 0 Å². The first-order valence-corrected chi connectivity index (χ1v) is 6.16. The zero-order valence-electron chi connectivity index (χ0n) is 11.4. The lowest BCUT2D eigenvalue weighted by atomic mass is 10.0. The van der Waals surface area contributed by atoms with Crippen LogP contribution in [0.5, 0.6) is 0 Å². The van der Waals surface area contributed by atoms with Crippen molar-refractivity contribution >= 4 is 11.8 Å². The summed E-state index contributed by atoms with van der Waals surface area (Å²) >= 11 is 0. The van der Waals surface area contributed by atoms with E-state index in [0.717, 1.165) is 0 Å². The molecule has 0 spiro atoms. The first kappa shape index (κ1) is 14.9. The van der Waals surface area contributed by atoms with Gasteiger partial charge in [-0.15, -0.1) is 0 Å². The Morgan fingerprint density at radius 2 is 1.94 bits per heavy atom. The zero-order valence-corrected chi connectivity index (χ0v) is 11.4. The summed E-state index contributed by atoms with van der Waals surface area (Å²) in [6, 6.07) is -0.868. The van der Waals surface area contributed by atoms with E-state index in [1.54, 1.807) is 6.92 Å². The molecule has 1 fully saturated rings. The molecule has 1 saturated heterocycles. The zero-order chi connectivity index (χ0) is 13.9. The smallest absolute Gasteiger partial charge is 0.242 e. The predicted molar refractivity (Wildman–Crippen MR) is 67.8 cm³/mol. The first-order valence-electron chi connectivity index (χ1n) is 6.16. The average molecular weight is 257 g/mol. The number of ether oxygens (including phenoxy) is 1. The molecule has 18 heavy (non-hydrogen) atoms. The van der Waals surface area contributed by atoms with Crippen molar-refractivity contribution in [2.45, 2.75) is 45.3 Å². The fourth-order valence-electron chi connectivity index (χ4n) is 1.70. The molecular weight excluding hydrogens is 234 g/mol. The highest BCUT2D eigenvalue weighted by Crippen LogP contribution is 2.11. The van der Waals surface area contributed by atoms with Crippen LogP contribution in [0.25, 0.3) is 0 Å². The first-order chi connectivity index (χ1) is 8.20. The second kappa shape index (κ2) is 5.67. The van der Waals surface area contributed by atoms with Gasteiger partial charge in [0.25, 0.3) is 0 Å². The number of rotatable bonds is 3. The summed E-state index contributed by atoms with van der Waals surface area (Å²) in [4.78, 5) is 23.7. The van der Waals surface area contributed by atoms with E-state index in [-0.39, 0.29) is 29.3 Å². The van der Waals surface area contributed by atoms with Crippen molar-refractivity contribution < 1.29 is 14.3 Å². The molecule has 0 aromatic heterocycles. The van der Waals surface area contributed by atoms with E-state index in [4.69, 9.17) is 10.5 Å². The number of carbonyl (C=O) groups excluding carboxylic acids is 2. The van der Waals surface area contributed by atoms with Crippen molar-refractivity contribution in [3.05, 3.63) is 0 Å². The molecule has 0 aromatic rings. The Bertz CT molecular complexity index is 325. The molecule has 3 unspecified atom stereocenters. The van der Waals surface area contributed by atoms with Crippen LogP contribution in [0, 0.1) is 5.92 Å². The minimum Gasteiger partial charge on any atom is -0.379 e. The van der Waals surface area contributed by atoms with Crippen LogP contribution in [-0.2, 0) is 14.3 Å². The third-order valence-electron chi connectivity index (χ3n) is 2.71. The Morgan fingerprint density at radius 1 is 1.33 bits per heavy atom. The number of nitrogens with one attached hydrogen (secondary N) is 2. The van der Waals surface area contributed by atoms with Gasteiger partial charge in [-0.2, -0.15) is 0 Å². The number of carbonyl (C=O) groups is 2. The molecule has 2 amide bonds. The highest BCUT2D eigenvalue weighted by Gasteiger charge is 2.33. The van der Waals surface area contributed by atoms with Crippen LogP contribution < -0.4 is 16.4 Å². The molecule has 1 aliphatic rings. The van der Waals surface area contributed by atoms with E-state index >= 15 is 0 Å². The fraction of sp³-hybridized carbons (Fsp3) is 0.833. The van der Waals surface area contributed by atoms with Crippen LogP contribution in [0.3, 0.4) is 0 Å². The summed E-state index contributed by atoms with van der Waals surface area (Å²) in [6.07, 6.45) is 0. The SMILES string of the molecule is CC(NC(=O)C1COCC1N)C(=O)NC(C)(C)C. The summed E-state index contributed by atoms with van der Waals surface area (Å²) < 4.78 is 5.13. The molecule has 3 atom stereocenters. The van der Waals surface area contributed by atoms with Gasteiger partial charge in [-0.1, -0.05) is 0 Å². The molecule has 0 aliphatic carbocycles. The van der Waals surface area contributed by atoms with Crippen LogP contribution in [-0.4, -0.2) is 42.7 Å². The third kappa shape index (κ3) is 4.27. The summed E-state index contributed by atoms with van der Waals surface area (Å²) in [6.45, 7) is 8.03. The quantitative estimate of drug-likeness (QED) is 0.628. The van der Waals surface area contributed by atoms with Gasteiger partial charge >= 0.3 is 0 Å². The van der Waals surface area contributed by atoms with Crippen LogP contribution in [0.1, 0.15) is 27.7 Å². The van der Waals surface area contributed by atoms with E-state index in [9.17, 15) is 9.59 Å². The van der Waals surface area contributed by atoms with Crippen LogP contribution in [0.2, 0.25) is 0 Å². The molecule has 0 bridgehead atoms.